The van der Waals surface area contributed by atoms with Crippen LogP contribution >= 0.6 is 0 Å². The van der Waals surface area contributed by atoms with Crippen LogP contribution in [0.3, 0.4) is 0 Å². The molecule has 0 saturated heterocycles. The molecule has 1 rings (SSSR count). The number of hydrogen-bond donors (Lipinski definition) is 2. The van der Waals surface area contributed by atoms with Gasteiger partial charge in [-0.2, -0.15) is 0 Å². The van der Waals surface area contributed by atoms with Crippen LogP contribution in [0.25, 0.3) is 0 Å². The maximum absolute atomic E-state index is 12.1. The number of esters is 1. The third-order valence-corrected chi connectivity index (χ3v) is 3.09. The van der Waals surface area contributed by atoms with E-state index in [4.69, 9.17) is 9.84 Å². The van der Waals surface area contributed by atoms with Crippen molar-refractivity contribution in [1.29, 1.82) is 0 Å². The Bertz CT molecular complexity index is 474. The molecule has 2 amide bonds. The number of rotatable bonds is 8. The van der Waals surface area contributed by atoms with Gasteiger partial charge in [-0.15, -0.1) is 0 Å². The van der Waals surface area contributed by atoms with E-state index in [1.807, 2.05) is 6.92 Å². The van der Waals surface area contributed by atoms with Crippen molar-refractivity contribution in [2.24, 2.45) is 0 Å². The number of urea groups is 1. The standard InChI is InChI=1S/C16H24N2O4/c1-3-5-10-18(11-12-19)16(21)17-14-8-6-13(7-9-14)15(20)22-4-2/h6-9,19H,3-5,10-12H2,1-2H3,(H,17,21). The number of anilines is 1. The average Bonchev–Trinajstić information content (AvgIpc) is 2.52. The molecule has 1 aromatic carbocycles. The molecule has 0 aliphatic carbocycles. The molecule has 0 unspecified atom stereocenters. The van der Waals surface area contributed by atoms with Crippen LogP contribution in [0.5, 0.6) is 0 Å². The number of ether oxygens (including phenoxy) is 1. The summed E-state index contributed by atoms with van der Waals surface area (Å²) in [5, 5.41) is 11.8. The fourth-order valence-electron chi connectivity index (χ4n) is 1.89. The summed E-state index contributed by atoms with van der Waals surface area (Å²) in [6, 6.07) is 6.26. The Morgan fingerprint density at radius 1 is 1.18 bits per heavy atom. The summed E-state index contributed by atoms with van der Waals surface area (Å²) < 4.78 is 4.90. The lowest BCUT2D eigenvalue weighted by atomic mass is 10.2. The van der Waals surface area contributed by atoms with Gasteiger partial charge in [-0.3, -0.25) is 0 Å². The SMILES string of the molecule is CCCCN(CCO)C(=O)Nc1ccc(C(=O)OCC)cc1. The summed E-state index contributed by atoms with van der Waals surface area (Å²) in [7, 11) is 0. The van der Waals surface area contributed by atoms with E-state index in [-0.39, 0.29) is 18.6 Å². The first kappa shape index (κ1) is 18.0. The van der Waals surface area contributed by atoms with Crippen molar-refractivity contribution in [3.63, 3.8) is 0 Å². The number of aliphatic hydroxyl groups is 1. The Labute approximate surface area is 131 Å². The van der Waals surface area contributed by atoms with E-state index in [9.17, 15) is 9.59 Å². The number of nitrogens with zero attached hydrogens (tertiary/aromatic N) is 1. The fraction of sp³-hybridized carbons (Fsp3) is 0.500. The van der Waals surface area contributed by atoms with E-state index in [2.05, 4.69) is 5.32 Å². The van der Waals surface area contributed by atoms with Gasteiger partial charge in [0.05, 0.1) is 18.8 Å². The largest absolute Gasteiger partial charge is 0.462 e. The molecule has 0 radical (unpaired) electrons. The lowest BCUT2D eigenvalue weighted by molar-refractivity contribution is 0.0526. The highest BCUT2D eigenvalue weighted by Gasteiger charge is 2.13. The first-order valence-corrected chi connectivity index (χ1v) is 7.56. The summed E-state index contributed by atoms with van der Waals surface area (Å²) >= 11 is 0. The number of aliphatic hydroxyl groups excluding tert-OH is 1. The van der Waals surface area contributed by atoms with Crippen molar-refractivity contribution < 1.29 is 19.4 Å². The Hall–Kier alpha value is -2.08. The molecule has 2 N–H and O–H groups in total. The van der Waals surface area contributed by atoms with Crippen molar-refractivity contribution in [1.82, 2.24) is 4.90 Å². The molecule has 0 atom stereocenters. The third kappa shape index (κ3) is 5.73. The smallest absolute Gasteiger partial charge is 0.338 e. The predicted molar refractivity (Wildman–Crippen MR) is 85.0 cm³/mol. The Morgan fingerprint density at radius 3 is 2.41 bits per heavy atom. The highest BCUT2D eigenvalue weighted by Crippen LogP contribution is 2.11. The Morgan fingerprint density at radius 2 is 1.86 bits per heavy atom. The Balaban J connectivity index is 2.64. The maximum Gasteiger partial charge on any atom is 0.338 e. The van der Waals surface area contributed by atoms with Gasteiger partial charge in [-0.1, -0.05) is 13.3 Å². The first-order valence-electron chi connectivity index (χ1n) is 7.56. The lowest BCUT2D eigenvalue weighted by Gasteiger charge is -2.22. The fourth-order valence-corrected chi connectivity index (χ4v) is 1.89. The van der Waals surface area contributed by atoms with Crippen LogP contribution in [0.2, 0.25) is 0 Å². The zero-order valence-electron chi connectivity index (χ0n) is 13.2. The molecular formula is C16H24N2O4. The molecule has 0 aliphatic heterocycles. The third-order valence-electron chi connectivity index (χ3n) is 3.09. The minimum atomic E-state index is -0.384. The van der Waals surface area contributed by atoms with Crippen molar-refractivity contribution in [2.75, 3.05) is 31.6 Å². The summed E-state index contributed by atoms with van der Waals surface area (Å²) in [4.78, 5) is 25.3. The average molecular weight is 308 g/mol. The highest BCUT2D eigenvalue weighted by molar-refractivity contribution is 5.92. The molecule has 0 saturated carbocycles. The number of nitrogens with one attached hydrogen (secondary N) is 1. The minimum absolute atomic E-state index is 0.0705. The molecule has 0 aromatic heterocycles. The predicted octanol–water partition coefficient (Wildman–Crippen LogP) is 2.49. The van der Waals surface area contributed by atoms with Crippen LogP contribution < -0.4 is 5.32 Å². The van der Waals surface area contributed by atoms with Gasteiger partial charge in [0.2, 0.25) is 0 Å². The molecular weight excluding hydrogens is 284 g/mol. The van der Waals surface area contributed by atoms with Gasteiger partial charge in [-0.25, -0.2) is 9.59 Å². The van der Waals surface area contributed by atoms with E-state index < -0.39 is 0 Å². The van der Waals surface area contributed by atoms with Gasteiger partial charge < -0.3 is 20.1 Å². The van der Waals surface area contributed by atoms with Gasteiger partial charge in [0.1, 0.15) is 0 Å². The summed E-state index contributed by atoms with van der Waals surface area (Å²) in [5.74, 6) is -0.384. The van der Waals surface area contributed by atoms with Gasteiger partial charge in [-0.05, 0) is 37.6 Å². The van der Waals surface area contributed by atoms with Crippen LogP contribution in [-0.2, 0) is 4.74 Å². The van der Waals surface area contributed by atoms with Gasteiger partial charge in [0.25, 0.3) is 0 Å². The molecule has 1 aromatic rings. The second kappa shape index (κ2) is 9.78. The second-order valence-electron chi connectivity index (χ2n) is 4.79. The number of carbonyl (C=O) groups excluding carboxylic acids is 2. The van der Waals surface area contributed by atoms with E-state index in [0.29, 0.717) is 30.9 Å². The van der Waals surface area contributed by atoms with Gasteiger partial charge >= 0.3 is 12.0 Å². The molecule has 0 heterocycles. The summed E-state index contributed by atoms with van der Waals surface area (Å²) in [6.45, 7) is 4.95. The number of unbranched alkanes of at least 4 members (excludes halogenated alkanes) is 1. The van der Waals surface area contributed by atoms with Crippen LogP contribution in [0, 0.1) is 0 Å². The zero-order valence-corrected chi connectivity index (χ0v) is 13.2. The zero-order chi connectivity index (χ0) is 16.4. The first-order chi connectivity index (χ1) is 10.6. The van der Waals surface area contributed by atoms with Crippen molar-refractivity contribution in [3.8, 4) is 0 Å². The monoisotopic (exact) mass is 308 g/mol. The number of carbonyl (C=O) groups is 2. The van der Waals surface area contributed by atoms with Crippen LogP contribution in [0.15, 0.2) is 24.3 Å². The summed E-state index contributed by atoms with van der Waals surface area (Å²) in [5.41, 5.74) is 1.04. The number of amides is 2. The van der Waals surface area contributed by atoms with Crippen LogP contribution in [-0.4, -0.2) is 48.3 Å². The lowest BCUT2D eigenvalue weighted by Crippen LogP contribution is -2.37. The Kier molecular flexibility index (Phi) is 7.99. The molecule has 0 fully saturated rings. The quantitative estimate of drug-likeness (QED) is 0.723. The van der Waals surface area contributed by atoms with Crippen LogP contribution in [0.4, 0.5) is 10.5 Å². The summed E-state index contributed by atoms with van der Waals surface area (Å²) in [6.07, 6.45) is 1.86. The highest BCUT2D eigenvalue weighted by atomic mass is 16.5. The minimum Gasteiger partial charge on any atom is -0.462 e. The maximum atomic E-state index is 12.1. The molecule has 122 valence electrons. The van der Waals surface area contributed by atoms with E-state index in [1.165, 1.54) is 0 Å². The normalized spacial score (nSPS) is 10.1. The van der Waals surface area contributed by atoms with Crippen molar-refractivity contribution >= 4 is 17.7 Å². The van der Waals surface area contributed by atoms with Crippen molar-refractivity contribution in [2.45, 2.75) is 26.7 Å². The van der Waals surface area contributed by atoms with Crippen molar-refractivity contribution in [3.05, 3.63) is 29.8 Å². The van der Waals surface area contributed by atoms with E-state index in [0.717, 1.165) is 12.8 Å². The molecule has 6 nitrogen and oxygen atoms in total. The number of hydrogen-bond acceptors (Lipinski definition) is 4. The molecule has 0 aliphatic rings. The van der Waals surface area contributed by atoms with Gasteiger partial charge in [0.15, 0.2) is 0 Å². The molecule has 22 heavy (non-hydrogen) atoms. The van der Waals surface area contributed by atoms with E-state index >= 15 is 0 Å². The molecule has 0 spiro atoms. The van der Waals surface area contributed by atoms with E-state index in [1.54, 1.807) is 36.1 Å². The molecule has 6 heteroatoms. The number of benzene rings is 1. The topological polar surface area (TPSA) is 78.9 Å². The van der Waals surface area contributed by atoms with Gasteiger partial charge in [0, 0.05) is 18.8 Å². The van der Waals surface area contributed by atoms with Crippen LogP contribution in [0.1, 0.15) is 37.0 Å². The molecule has 0 bridgehead atoms. The second-order valence-corrected chi connectivity index (χ2v) is 4.79.